The molecule has 140 valence electrons. The van der Waals surface area contributed by atoms with Gasteiger partial charge in [0.15, 0.2) is 6.20 Å². The van der Waals surface area contributed by atoms with E-state index in [0.717, 1.165) is 28.2 Å². The number of carbonyl (C=O) groups excluding carboxylic acids is 2. The molecule has 0 spiro atoms. The first-order valence-electron chi connectivity index (χ1n) is 8.31. The Hall–Kier alpha value is -3.00. The van der Waals surface area contributed by atoms with E-state index in [2.05, 4.69) is 10.3 Å². The number of nitrogens with one attached hydrogen (secondary N) is 2. The quantitative estimate of drug-likeness (QED) is 0.280. The van der Waals surface area contributed by atoms with Gasteiger partial charge in [0.25, 0.3) is 5.03 Å². The lowest BCUT2D eigenvalue weighted by molar-refractivity contribution is -0.645. The molecule has 0 aliphatic rings. The van der Waals surface area contributed by atoms with Gasteiger partial charge in [-0.2, -0.15) is 4.73 Å². The Morgan fingerprint density at radius 1 is 1.26 bits per heavy atom. The van der Waals surface area contributed by atoms with Gasteiger partial charge in [0.2, 0.25) is 5.91 Å². The van der Waals surface area contributed by atoms with E-state index in [1.54, 1.807) is 18.2 Å². The van der Waals surface area contributed by atoms with E-state index in [1.807, 2.05) is 30.5 Å². The summed E-state index contributed by atoms with van der Waals surface area (Å²) in [5, 5.41) is 15.7. The molecule has 0 radical (unpaired) electrons. The number of benzene rings is 1. The highest BCUT2D eigenvalue weighted by Gasteiger charge is 2.23. The van der Waals surface area contributed by atoms with Gasteiger partial charge in [0, 0.05) is 35.7 Å². The zero-order chi connectivity index (χ0) is 19.2. The minimum Gasteiger partial charge on any atom is -0.618 e. The van der Waals surface area contributed by atoms with Gasteiger partial charge in [0.05, 0.1) is 12.9 Å². The highest BCUT2D eigenvalue weighted by molar-refractivity contribution is 7.99. The van der Waals surface area contributed by atoms with Crippen LogP contribution < -0.4 is 10.0 Å². The molecule has 2 N–H and O–H groups in total. The van der Waals surface area contributed by atoms with E-state index in [4.69, 9.17) is 4.74 Å². The first kappa shape index (κ1) is 18.8. The lowest BCUT2D eigenvalue weighted by Crippen LogP contribution is -2.44. The number of aromatic nitrogens is 2. The maximum absolute atomic E-state index is 12.3. The molecule has 0 fully saturated rings. The third-order valence-corrected chi connectivity index (χ3v) is 5.08. The molecule has 1 aromatic carbocycles. The Balaban J connectivity index is 1.67. The van der Waals surface area contributed by atoms with Gasteiger partial charge in [0.1, 0.15) is 6.04 Å². The van der Waals surface area contributed by atoms with Crippen LogP contribution in [-0.4, -0.2) is 35.8 Å². The number of fused-ring (bicyclic) bond motifs is 1. The summed E-state index contributed by atoms with van der Waals surface area (Å²) in [6.45, 7) is 0. The fourth-order valence-corrected chi connectivity index (χ4v) is 3.48. The minimum absolute atomic E-state index is 0.0215. The number of methoxy groups -OCH3 is 1. The lowest BCUT2D eigenvalue weighted by atomic mass is 10.0. The predicted octanol–water partition coefficient (Wildman–Crippen LogP) is 1.79. The summed E-state index contributed by atoms with van der Waals surface area (Å²) in [6.07, 6.45) is 3.50. The van der Waals surface area contributed by atoms with Crippen LogP contribution in [0.3, 0.4) is 0 Å². The molecule has 0 saturated heterocycles. The summed E-state index contributed by atoms with van der Waals surface area (Å²) in [5.41, 5.74) is 1.87. The van der Waals surface area contributed by atoms with Crippen LogP contribution >= 0.6 is 11.8 Å². The molecule has 0 aliphatic carbocycles. The number of rotatable bonds is 7. The Morgan fingerprint density at radius 2 is 2.04 bits per heavy atom. The highest BCUT2D eigenvalue weighted by Crippen LogP contribution is 2.19. The zero-order valence-electron chi connectivity index (χ0n) is 14.7. The van der Waals surface area contributed by atoms with Gasteiger partial charge in [-0.3, -0.25) is 4.79 Å². The second-order valence-corrected chi connectivity index (χ2v) is 6.86. The fraction of sp³-hybridized carbons (Fsp3) is 0.211. The van der Waals surface area contributed by atoms with Gasteiger partial charge in [-0.1, -0.05) is 18.2 Å². The Labute approximate surface area is 160 Å². The molecular formula is C19H19N3O4S. The molecule has 8 heteroatoms. The number of para-hydroxylation sites is 1. The van der Waals surface area contributed by atoms with Gasteiger partial charge < -0.3 is 20.2 Å². The molecule has 2 aromatic heterocycles. The summed E-state index contributed by atoms with van der Waals surface area (Å²) in [4.78, 5) is 27.6. The number of hydrogen-bond acceptors (Lipinski definition) is 5. The first-order valence-corrected chi connectivity index (χ1v) is 9.30. The van der Waals surface area contributed by atoms with Crippen molar-refractivity contribution in [2.75, 3.05) is 12.9 Å². The van der Waals surface area contributed by atoms with Crippen LogP contribution in [-0.2, 0) is 20.7 Å². The van der Waals surface area contributed by atoms with Crippen molar-refractivity contribution in [3.63, 3.8) is 0 Å². The molecule has 0 aliphatic heterocycles. The molecule has 0 unspecified atom stereocenters. The smallest absolute Gasteiger partial charge is 0.328 e. The second-order valence-electron chi connectivity index (χ2n) is 5.86. The maximum atomic E-state index is 12.3. The Morgan fingerprint density at radius 3 is 2.81 bits per heavy atom. The van der Waals surface area contributed by atoms with E-state index in [0.29, 0.717) is 16.2 Å². The van der Waals surface area contributed by atoms with E-state index < -0.39 is 12.0 Å². The van der Waals surface area contributed by atoms with Crippen molar-refractivity contribution in [2.24, 2.45) is 0 Å². The Kier molecular flexibility index (Phi) is 5.97. The standard InChI is InChI=1S/C19H19N3O4S/c1-26-19(24)16(10-13-11-20-15-7-3-2-6-14(13)15)21-17(23)12-27-18-8-4-5-9-22(18)25/h2-9,11,16,20H,10,12H2,1H3,(H,21,23)/t16-/m0/s1. The van der Waals surface area contributed by atoms with Crippen molar-refractivity contribution in [1.82, 2.24) is 10.3 Å². The van der Waals surface area contributed by atoms with Gasteiger partial charge in [-0.25, -0.2) is 4.79 Å². The van der Waals surface area contributed by atoms with Crippen molar-refractivity contribution in [2.45, 2.75) is 17.5 Å². The average molecular weight is 385 g/mol. The van der Waals surface area contributed by atoms with Crippen LogP contribution in [0.5, 0.6) is 0 Å². The second kappa shape index (κ2) is 8.59. The number of H-pyrrole nitrogens is 1. The largest absolute Gasteiger partial charge is 0.618 e. The minimum atomic E-state index is -0.808. The van der Waals surface area contributed by atoms with E-state index in [1.165, 1.54) is 13.3 Å². The summed E-state index contributed by atoms with van der Waals surface area (Å²) < 4.78 is 5.53. The average Bonchev–Trinajstić information content (AvgIpc) is 3.09. The predicted molar refractivity (Wildman–Crippen MR) is 102 cm³/mol. The van der Waals surface area contributed by atoms with Crippen molar-refractivity contribution >= 4 is 34.5 Å². The maximum Gasteiger partial charge on any atom is 0.328 e. The molecule has 3 rings (SSSR count). The van der Waals surface area contributed by atoms with Gasteiger partial charge >= 0.3 is 5.97 Å². The van der Waals surface area contributed by atoms with Crippen LogP contribution in [0, 0.1) is 5.21 Å². The summed E-state index contributed by atoms with van der Waals surface area (Å²) in [7, 11) is 1.29. The van der Waals surface area contributed by atoms with Crippen LogP contribution in [0.4, 0.5) is 0 Å². The van der Waals surface area contributed by atoms with Crippen molar-refractivity contribution in [3.8, 4) is 0 Å². The van der Waals surface area contributed by atoms with Crippen molar-refractivity contribution < 1.29 is 19.1 Å². The number of carbonyl (C=O) groups is 2. The van der Waals surface area contributed by atoms with E-state index >= 15 is 0 Å². The van der Waals surface area contributed by atoms with Crippen molar-refractivity contribution in [1.29, 1.82) is 0 Å². The molecule has 2 heterocycles. The molecule has 0 saturated carbocycles. The van der Waals surface area contributed by atoms with E-state index in [-0.39, 0.29) is 11.7 Å². The van der Waals surface area contributed by atoms with Crippen molar-refractivity contribution in [3.05, 3.63) is 65.6 Å². The monoisotopic (exact) mass is 385 g/mol. The van der Waals surface area contributed by atoms with Crippen LogP contribution in [0.25, 0.3) is 10.9 Å². The number of thioether (sulfide) groups is 1. The normalized spacial score (nSPS) is 11.9. The summed E-state index contributed by atoms with van der Waals surface area (Å²) >= 11 is 1.11. The van der Waals surface area contributed by atoms with E-state index in [9.17, 15) is 14.8 Å². The van der Waals surface area contributed by atoms with Gasteiger partial charge in [-0.15, -0.1) is 0 Å². The van der Waals surface area contributed by atoms with Crippen LogP contribution in [0.15, 0.2) is 59.9 Å². The summed E-state index contributed by atoms with van der Waals surface area (Å²) in [6, 6.07) is 11.9. The number of nitrogens with zero attached hydrogens (tertiary/aromatic N) is 1. The topological polar surface area (TPSA) is 98.1 Å². The third-order valence-electron chi connectivity index (χ3n) is 4.06. The molecule has 3 aromatic rings. The Bertz CT molecular complexity index is 957. The molecular weight excluding hydrogens is 366 g/mol. The number of esters is 1. The number of aromatic amines is 1. The first-order chi connectivity index (χ1) is 13.1. The van der Waals surface area contributed by atoms with Gasteiger partial charge in [-0.05, 0) is 29.5 Å². The molecule has 7 nitrogen and oxygen atoms in total. The molecule has 27 heavy (non-hydrogen) atoms. The molecule has 1 atom stereocenters. The van der Waals surface area contributed by atoms with Crippen LogP contribution in [0.2, 0.25) is 0 Å². The highest BCUT2D eigenvalue weighted by atomic mass is 32.2. The zero-order valence-corrected chi connectivity index (χ0v) is 15.5. The number of hydrogen-bond donors (Lipinski definition) is 2. The molecule has 0 bridgehead atoms. The number of ether oxygens (including phenoxy) is 1. The number of amides is 1. The number of pyridine rings is 1. The summed E-state index contributed by atoms with van der Waals surface area (Å²) in [5.74, 6) is -0.843. The van der Waals surface area contributed by atoms with Crippen LogP contribution in [0.1, 0.15) is 5.56 Å². The molecule has 1 amide bonds. The fourth-order valence-electron chi connectivity index (χ4n) is 2.76. The SMILES string of the molecule is COC(=O)[C@H](Cc1c[nH]c2ccccc12)NC(=O)CSc1cccc[n+]1[O-]. The third kappa shape index (κ3) is 4.59. The lowest BCUT2D eigenvalue weighted by Gasteiger charge is -2.16.